The van der Waals surface area contributed by atoms with Crippen LogP contribution in [0.5, 0.6) is 5.75 Å². The molecule has 3 nitrogen and oxygen atoms in total. The molecule has 88 valence electrons. The smallest absolute Gasteiger partial charge is 0.145 e. The summed E-state index contributed by atoms with van der Waals surface area (Å²) in [4.78, 5) is 0. The number of benzene rings is 1. The van der Waals surface area contributed by atoms with Crippen LogP contribution >= 0.6 is 0 Å². The Morgan fingerprint density at radius 2 is 2.38 bits per heavy atom. The molecule has 0 saturated carbocycles. The number of hydrogen-bond donors (Lipinski definition) is 2. The molecule has 0 aromatic heterocycles. The molecular formula is C12H16FNO2. The van der Waals surface area contributed by atoms with E-state index >= 15 is 0 Å². The molecular weight excluding hydrogens is 209 g/mol. The number of rotatable bonds is 4. The molecule has 0 radical (unpaired) electrons. The monoisotopic (exact) mass is 225 g/mol. The second-order valence-electron chi connectivity index (χ2n) is 3.93. The molecule has 2 rings (SSSR count). The Bertz CT molecular complexity index is 357. The zero-order valence-electron chi connectivity index (χ0n) is 9.08. The molecule has 1 aliphatic heterocycles. The number of alkyl halides is 1. The Kier molecular flexibility index (Phi) is 3.62. The molecule has 0 amide bonds. The van der Waals surface area contributed by atoms with Crippen molar-refractivity contribution in [1.82, 2.24) is 0 Å². The van der Waals surface area contributed by atoms with Gasteiger partial charge in [-0.2, -0.15) is 0 Å². The lowest BCUT2D eigenvalue weighted by molar-refractivity contribution is 0.151. The van der Waals surface area contributed by atoms with Gasteiger partial charge in [-0.3, -0.25) is 0 Å². The molecule has 0 bridgehead atoms. The SMILES string of the molecule is O[C@H](CF)CNc1cccc2c1OCCC2. The summed E-state index contributed by atoms with van der Waals surface area (Å²) in [5, 5.41) is 12.2. The number of fused-ring (bicyclic) bond motifs is 1. The van der Waals surface area contributed by atoms with Gasteiger partial charge in [0.05, 0.1) is 18.4 Å². The zero-order valence-corrected chi connectivity index (χ0v) is 9.08. The van der Waals surface area contributed by atoms with Crippen LogP contribution in [0.3, 0.4) is 0 Å². The van der Waals surface area contributed by atoms with E-state index in [9.17, 15) is 4.39 Å². The van der Waals surface area contributed by atoms with E-state index in [1.807, 2.05) is 18.2 Å². The average Bonchev–Trinajstić information content (AvgIpc) is 2.35. The van der Waals surface area contributed by atoms with Crippen LogP contribution in [0, 0.1) is 0 Å². The second-order valence-corrected chi connectivity index (χ2v) is 3.93. The predicted octanol–water partition coefficient (Wildman–Crippen LogP) is 1.75. The van der Waals surface area contributed by atoms with E-state index in [4.69, 9.17) is 9.84 Å². The molecule has 0 aliphatic carbocycles. The standard InChI is InChI=1S/C12H16FNO2/c13-7-10(15)8-14-11-5-1-3-9-4-2-6-16-12(9)11/h1,3,5,10,14-15H,2,4,6-8H2/t10-/m1/s1. The molecule has 16 heavy (non-hydrogen) atoms. The van der Waals surface area contributed by atoms with E-state index in [0.29, 0.717) is 0 Å². The minimum Gasteiger partial charge on any atom is -0.491 e. The van der Waals surface area contributed by atoms with Crippen molar-refractivity contribution in [2.45, 2.75) is 18.9 Å². The molecule has 1 aromatic rings. The number of nitrogens with one attached hydrogen (secondary N) is 1. The van der Waals surface area contributed by atoms with Crippen LogP contribution in [0.15, 0.2) is 18.2 Å². The molecule has 0 spiro atoms. The zero-order chi connectivity index (χ0) is 11.4. The van der Waals surface area contributed by atoms with Gasteiger partial charge in [-0.05, 0) is 24.5 Å². The minimum absolute atomic E-state index is 0.205. The normalized spacial score (nSPS) is 16.1. The molecule has 1 aromatic carbocycles. The van der Waals surface area contributed by atoms with E-state index in [0.717, 1.165) is 30.9 Å². The number of anilines is 1. The van der Waals surface area contributed by atoms with Gasteiger partial charge in [0.25, 0.3) is 0 Å². The lowest BCUT2D eigenvalue weighted by atomic mass is 10.1. The molecule has 2 N–H and O–H groups in total. The van der Waals surface area contributed by atoms with Gasteiger partial charge >= 0.3 is 0 Å². The quantitative estimate of drug-likeness (QED) is 0.820. The summed E-state index contributed by atoms with van der Waals surface area (Å²) >= 11 is 0. The predicted molar refractivity (Wildman–Crippen MR) is 60.7 cm³/mol. The summed E-state index contributed by atoms with van der Waals surface area (Å²) in [5.41, 5.74) is 2.01. The van der Waals surface area contributed by atoms with Gasteiger partial charge in [-0.15, -0.1) is 0 Å². The highest BCUT2D eigenvalue weighted by Crippen LogP contribution is 2.32. The number of aliphatic hydroxyl groups excluding tert-OH is 1. The van der Waals surface area contributed by atoms with Gasteiger partial charge in [0.15, 0.2) is 0 Å². The van der Waals surface area contributed by atoms with E-state index < -0.39 is 12.8 Å². The topological polar surface area (TPSA) is 41.5 Å². The number of ether oxygens (including phenoxy) is 1. The van der Waals surface area contributed by atoms with Gasteiger partial charge in [0.1, 0.15) is 12.4 Å². The Hall–Kier alpha value is -1.29. The molecule has 4 heteroatoms. The third kappa shape index (κ3) is 2.44. The fraction of sp³-hybridized carbons (Fsp3) is 0.500. The molecule has 0 fully saturated rings. The summed E-state index contributed by atoms with van der Waals surface area (Å²) in [6, 6.07) is 5.86. The summed E-state index contributed by atoms with van der Waals surface area (Å²) in [6.07, 6.45) is 1.08. The first-order valence-corrected chi connectivity index (χ1v) is 5.54. The van der Waals surface area contributed by atoms with Crippen molar-refractivity contribution in [3.63, 3.8) is 0 Å². The van der Waals surface area contributed by atoms with Crippen LogP contribution in [-0.2, 0) is 6.42 Å². The number of halogens is 1. The van der Waals surface area contributed by atoms with Crippen molar-refractivity contribution in [2.24, 2.45) is 0 Å². The minimum atomic E-state index is -0.959. The molecule has 1 atom stereocenters. The fourth-order valence-corrected chi connectivity index (χ4v) is 1.81. The maximum Gasteiger partial charge on any atom is 0.145 e. The maximum absolute atomic E-state index is 12.1. The van der Waals surface area contributed by atoms with E-state index in [2.05, 4.69) is 5.32 Å². The van der Waals surface area contributed by atoms with Crippen LogP contribution in [0.25, 0.3) is 0 Å². The van der Waals surface area contributed by atoms with Crippen LogP contribution in [0.4, 0.5) is 10.1 Å². The first-order valence-electron chi connectivity index (χ1n) is 5.54. The van der Waals surface area contributed by atoms with Crippen molar-refractivity contribution in [2.75, 3.05) is 25.1 Å². The summed E-state index contributed by atoms with van der Waals surface area (Å²) in [6.45, 7) is 0.191. The largest absolute Gasteiger partial charge is 0.491 e. The van der Waals surface area contributed by atoms with Crippen LogP contribution < -0.4 is 10.1 Å². The maximum atomic E-state index is 12.1. The van der Waals surface area contributed by atoms with Crippen molar-refractivity contribution in [1.29, 1.82) is 0 Å². The number of hydrogen-bond acceptors (Lipinski definition) is 3. The van der Waals surface area contributed by atoms with E-state index in [1.165, 1.54) is 5.56 Å². The molecule has 1 heterocycles. The lowest BCUT2D eigenvalue weighted by Gasteiger charge is -2.21. The average molecular weight is 225 g/mol. The third-order valence-corrected chi connectivity index (χ3v) is 2.64. The first kappa shape index (κ1) is 11.2. The Labute approximate surface area is 94.2 Å². The van der Waals surface area contributed by atoms with Crippen molar-refractivity contribution in [3.8, 4) is 5.75 Å². The highest BCUT2D eigenvalue weighted by Gasteiger charge is 2.14. The molecule has 0 saturated heterocycles. The Balaban J connectivity index is 2.08. The number of aliphatic hydroxyl groups is 1. The summed E-state index contributed by atoms with van der Waals surface area (Å²) in [7, 11) is 0. The van der Waals surface area contributed by atoms with Crippen LogP contribution in [0.2, 0.25) is 0 Å². The third-order valence-electron chi connectivity index (χ3n) is 2.64. The van der Waals surface area contributed by atoms with Gasteiger partial charge in [0, 0.05) is 6.54 Å². The second kappa shape index (κ2) is 5.16. The molecule has 0 unspecified atom stereocenters. The first-order chi connectivity index (χ1) is 7.81. The fourth-order valence-electron chi connectivity index (χ4n) is 1.81. The van der Waals surface area contributed by atoms with Crippen molar-refractivity contribution in [3.05, 3.63) is 23.8 Å². The van der Waals surface area contributed by atoms with E-state index in [1.54, 1.807) is 0 Å². The highest BCUT2D eigenvalue weighted by molar-refractivity contribution is 5.60. The summed E-state index contributed by atoms with van der Waals surface area (Å²) in [5.74, 6) is 0.847. The Morgan fingerprint density at radius 1 is 1.50 bits per heavy atom. The van der Waals surface area contributed by atoms with Gasteiger partial charge in [0.2, 0.25) is 0 Å². The lowest BCUT2D eigenvalue weighted by Crippen LogP contribution is -2.22. The van der Waals surface area contributed by atoms with Crippen LogP contribution in [0.1, 0.15) is 12.0 Å². The number of aryl methyl sites for hydroxylation is 1. The molecule has 1 aliphatic rings. The van der Waals surface area contributed by atoms with Gasteiger partial charge < -0.3 is 15.2 Å². The van der Waals surface area contributed by atoms with E-state index in [-0.39, 0.29) is 6.54 Å². The highest BCUT2D eigenvalue weighted by atomic mass is 19.1. The van der Waals surface area contributed by atoms with Gasteiger partial charge in [-0.1, -0.05) is 12.1 Å². The van der Waals surface area contributed by atoms with Gasteiger partial charge in [-0.25, -0.2) is 4.39 Å². The van der Waals surface area contributed by atoms with Crippen molar-refractivity contribution >= 4 is 5.69 Å². The summed E-state index contributed by atoms with van der Waals surface area (Å²) < 4.78 is 17.7. The van der Waals surface area contributed by atoms with Crippen molar-refractivity contribution < 1.29 is 14.2 Å². The number of para-hydroxylation sites is 1. The Morgan fingerprint density at radius 3 is 3.19 bits per heavy atom. The van der Waals surface area contributed by atoms with Crippen LogP contribution in [-0.4, -0.2) is 31.0 Å².